The molecule has 4 aromatic rings. The number of rotatable bonds is 5. The van der Waals surface area contributed by atoms with Gasteiger partial charge in [-0.2, -0.15) is 0 Å². The van der Waals surface area contributed by atoms with E-state index >= 15 is 0 Å². The van der Waals surface area contributed by atoms with Crippen molar-refractivity contribution < 1.29 is 13.9 Å². The lowest BCUT2D eigenvalue weighted by atomic mass is 10.1. The summed E-state index contributed by atoms with van der Waals surface area (Å²) in [5.41, 5.74) is 2.24. The zero-order valence-electron chi connectivity index (χ0n) is 14.7. The van der Waals surface area contributed by atoms with Gasteiger partial charge in [-0.25, -0.2) is 0 Å². The Balaban J connectivity index is 1.53. The predicted molar refractivity (Wildman–Crippen MR) is 109 cm³/mol. The highest BCUT2D eigenvalue weighted by Gasteiger charge is 2.19. The van der Waals surface area contributed by atoms with E-state index in [9.17, 15) is 4.79 Å². The first-order valence-corrected chi connectivity index (χ1v) is 9.16. The smallest absolute Gasteiger partial charge is 0.265 e. The van der Waals surface area contributed by atoms with Crippen LogP contribution in [0, 0.1) is 0 Å². The Hall–Kier alpha value is -2.98. The number of furan rings is 1. The van der Waals surface area contributed by atoms with Gasteiger partial charge in [0.05, 0.1) is 0 Å². The van der Waals surface area contributed by atoms with Crippen molar-refractivity contribution in [3.05, 3.63) is 71.8 Å². The maximum atomic E-state index is 12.6. The van der Waals surface area contributed by atoms with Gasteiger partial charge in [0, 0.05) is 27.5 Å². The summed E-state index contributed by atoms with van der Waals surface area (Å²) in [5, 5.41) is 5.61. The fourth-order valence-corrected chi connectivity index (χ4v) is 3.15. The van der Waals surface area contributed by atoms with Gasteiger partial charge in [-0.15, -0.1) is 0 Å². The molecule has 0 unspecified atom stereocenters. The van der Waals surface area contributed by atoms with Crippen molar-refractivity contribution in [1.29, 1.82) is 0 Å². The molecule has 4 rings (SSSR count). The molecule has 0 bridgehead atoms. The minimum atomic E-state index is -0.599. The number of ether oxygens (including phenoxy) is 1. The Labute approximate surface area is 161 Å². The van der Waals surface area contributed by atoms with Crippen LogP contribution < -0.4 is 10.1 Å². The average molecular weight is 380 g/mol. The van der Waals surface area contributed by atoms with Gasteiger partial charge in [0.2, 0.25) is 0 Å². The molecule has 0 radical (unpaired) electrons. The van der Waals surface area contributed by atoms with E-state index in [0.29, 0.717) is 22.9 Å². The van der Waals surface area contributed by atoms with Gasteiger partial charge in [0.25, 0.3) is 5.91 Å². The zero-order valence-corrected chi connectivity index (χ0v) is 15.5. The van der Waals surface area contributed by atoms with Crippen molar-refractivity contribution in [3.63, 3.8) is 0 Å². The molecule has 5 heteroatoms. The first kappa shape index (κ1) is 17.4. The van der Waals surface area contributed by atoms with E-state index in [1.807, 2.05) is 49.4 Å². The van der Waals surface area contributed by atoms with E-state index in [0.717, 1.165) is 21.9 Å². The number of nitrogens with one attached hydrogen (secondary N) is 1. The lowest BCUT2D eigenvalue weighted by Gasteiger charge is -2.17. The number of halogens is 1. The summed E-state index contributed by atoms with van der Waals surface area (Å²) in [7, 11) is 0. The highest BCUT2D eigenvalue weighted by atomic mass is 35.5. The van der Waals surface area contributed by atoms with E-state index in [1.165, 1.54) is 0 Å². The summed E-state index contributed by atoms with van der Waals surface area (Å²) < 4.78 is 11.7. The molecule has 0 saturated carbocycles. The average Bonchev–Trinajstić information content (AvgIpc) is 3.05. The van der Waals surface area contributed by atoms with Gasteiger partial charge in [-0.1, -0.05) is 36.7 Å². The van der Waals surface area contributed by atoms with E-state index in [2.05, 4.69) is 5.32 Å². The molecule has 1 heterocycles. The van der Waals surface area contributed by atoms with Crippen molar-refractivity contribution in [3.8, 4) is 5.75 Å². The fourth-order valence-electron chi connectivity index (χ4n) is 3.03. The number of benzene rings is 3. The third kappa shape index (κ3) is 3.62. The standard InChI is InChI=1S/C22H18ClNO3/c1-2-19(26-16-10-7-14(23)8-11-16)22(25)24-15-9-12-18-17-5-3-4-6-20(17)27-21(18)13-15/h3-13,19H,2H2,1H3,(H,24,25)/t19-/m1/s1. The van der Waals surface area contributed by atoms with Crippen molar-refractivity contribution in [2.75, 3.05) is 5.32 Å². The lowest BCUT2D eigenvalue weighted by molar-refractivity contribution is -0.122. The molecule has 0 saturated heterocycles. The van der Waals surface area contributed by atoms with Crippen molar-refractivity contribution in [2.24, 2.45) is 0 Å². The van der Waals surface area contributed by atoms with Gasteiger partial charge >= 0.3 is 0 Å². The Bertz CT molecular complexity index is 1100. The molecule has 1 N–H and O–H groups in total. The molecule has 3 aromatic carbocycles. The van der Waals surface area contributed by atoms with Gasteiger partial charge in [-0.05, 0) is 48.9 Å². The minimum Gasteiger partial charge on any atom is -0.481 e. The van der Waals surface area contributed by atoms with Crippen LogP contribution in [-0.4, -0.2) is 12.0 Å². The summed E-state index contributed by atoms with van der Waals surface area (Å²) in [4.78, 5) is 12.6. The fraction of sp³-hybridized carbons (Fsp3) is 0.136. The highest BCUT2D eigenvalue weighted by molar-refractivity contribution is 6.30. The second-order valence-electron chi connectivity index (χ2n) is 6.27. The summed E-state index contributed by atoms with van der Waals surface area (Å²) in [6.07, 6.45) is -0.0565. The maximum absolute atomic E-state index is 12.6. The van der Waals surface area contributed by atoms with Crippen LogP contribution in [0.5, 0.6) is 5.75 Å². The molecular weight excluding hydrogens is 362 g/mol. The monoisotopic (exact) mass is 379 g/mol. The van der Waals surface area contributed by atoms with E-state index in [-0.39, 0.29) is 5.91 Å². The normalized spacial score (nSPS) is 12.2. The number of amides is 1. The maximum Gasteiger partial charge on any atom is 0.265 e. The number of para-hydroxylation sites is 1. The van der Waals surface area contributed by atoms with E-state index in [1.54, 1.807) is 24.3 Å². The first-order chi connectivity index (χ1) is 13.1. The summed E-state index contributed by atoms with van der Waals surface area (Å²) in [6.45, 7) is 1.91. The van der Waals surface area contributed by atoms with Gasteiger partial charge in [-0.3, -0.25) is 4.79 Å². The molecule has 0 fully saturated rings. The number of carbonyl (C=O) groups is 1. The number of carbonyl (C=O) groups excluding carboxylic acids is 1. The molecule has 1 atom stereocenters. The molecule has 0 aliphatic carbocycles. The van der Waals surface area contributed by atoms with Gasteiger partial charge < -0.3 is 14.5 Å². The predicted octanol–water partition coefficient (Wildman–Crippen LogP) is 6.04. The Morgan fingerprint density at radius 3 is 2.56 bits per heavy atom. The molecule has 1 aromatic heterocycles. The SMILES string of the molecule is CC[C@@H](Oc1ccc(Cl)cc1)C(=O)Nc1ccc2c(c1)oc1ccccc12. The third-order valence-electron chi connectivity index (χ3n) is 4.40. The van der Waals surface area contributed by atoms with Crippen molar-refractivity contribution in [2.45, 2.75) is 19.4 Å². The summed E-state index contributed by atoms with van der Waals surface area (Å²) in [6, 6.07) is 20.5. The summed E-state index contributed by atoms with van der Waals surface area (Å²) >= 11 is 5.89. The largest absolute Gasteiger partial charge is 0.481 e. The molecule has 27 heavy (non-hydrogen) atoms. The number of hydrogen-bond acceptors (Lipinski definition) is 3. The van der Waals surface area contributed by atoms with Crippen LogP contribution in [0.25, 0.3) is 21.9 Å². The Morgan fingerprint density at radius 1 is 1.04 bits per heavy atom. The molecule has 0 aliphatic heterocycles. The van der Waals surface area contributed by atoms with Gasteiger partial charge in [0.15, 0.2) is 6.10 Å². The number of fused-ring (bicyclic) bond motifs is 3. The topological polar surface area (TPSA) is 51.5 Å². The second-order valence-corrected chi connectivity index (χ2v) is 6.70. The van der Waals surface area contributed by atoms with Crippen LogP contribution in [0.3, 0.4) is 0 Å². The van der Waals surface area contributed by atoms with Crippen LogP contribution in [-0.2, 0) is 4.79 Å². The van der Waals surface area contributed by atoms with Crippen molar-refractivity contribution >= 4 is 45.1 Å². The van der Waals surface area contributed by atoms with E-state index < -0.39 is 6.10 Å². The molecular formula is C22H18ClNO3. The zero-order chi connectivity index (χ0) is 18.8. The first-order valence-electron chi connectivity index (χ1n) is 8.78. The Morgan fingerprint density at radius 2 is 1.78 bits per heavy atom. The highest BCUT2D eigenvalue weighted by Crippen LogP contribution is 2.30. The number of hydrogen-bond donors (Lipinski definition) is 1. The van der Waals surface area contributed by atoms with Crippen LogP contribution in [0.15, 0.2) is 71.1 Å². The molecule has 0 aliphatic rings. The van der Waals surface area contributed by atoms with Crippen LogP contribution in [0.1, 0.15) is 13.3 Å². The lowest BCUT2D eigenvalue weighted by Crippen LogP contribution is -2.32. The van der Waals surface area contributed by atoms with Gasteiger partial charge in [0.1, 0.15) is 16.9 Å². The van der Waals surface area contributed by atoms with Crippen LogP contribution in [0.2, 0.25) is 5.02 Å². The van der Waals surface area contributed by atoms with E-state index in [4.69, 9.17) is 20.8 Å². The third-order valence-corrected chi connectivity index (χ3v) is 4.65. The quantitative estimate of drug-likeness (QED) is 0.460. The molecule has 0 spiro atoms. The molecule has 1 amide bonds. The summed E-state index contributed by atoms with van der Waals surface area (Å²) in [5.74, 6) is 0.400. The number of anilines is 1. The van der Waals surface area contributed by atoms with Crippen LogP contribution >= 0.6 is 11.6 Å². The van der Waals surface area contributed by atoms with Crippen LogP contribution in [0.4, 0.5) is 5.69 Å². The minimum absolute atomic E-state index is 0.206. The van der Waals surface area contributed by atoms with Crippen molar-refractivity contribution in [1.82, 2.24) is 0 Å². The molecule has 136 valence electrons. The second kappa shape index (κ2) is 7.33. The Kier molecular flexibility index (Phi) is 4.73. The molecule has 4 nitrogen and oxygen atoms in total.